The van der Waals surface area contributed by atoms with E-state index in [9.17, 15) is 14.4 Å². The number of imide groups is 1. The lowest BCUT2D eigenvalue weighted by atomic mass is 9.80. The fraction of sp³-hybridized carbons (Fsp3) is 0.393. The third kappa shape index (κ3) is 6.56. The number of carbonyl (C=O) groups is 3. The molecule has 1 aliphatic heterocycles. The van der Waals surface area contributed by atoms with E-state index in [2.05, 4.69) is 6.58 Å². The Balaban J connectivity index is 1.94. The first-order valence-corrected chi connectivity index (χ1v) is 11.6. The van der Waals surface area contributed by atoms with Gasteiger partial charge in [-0.15, -0.1) is 6.58 Å². The number of rotatable bonds is 9. The highest BCUT2D eigenvalue weighted by Gasteiger charge is 2.44. The van der Waals surface area contributed by atoms with Gasteiger partial charge in [-0.05, 0) is 50.7 Å². The molecule has 1 fully saturated rings. The van der Waals surface area contributed by atoms with Gasteiger partial charge in [0.15, 0.2) is 0 Å². The van der Waals surface area contributed by atoms with Crippen LogP contribution in [0.1, 0.15) is 50.7 Å². The molecule has 0 saturated carbocycles. The van der Waals surface area contributed by atoms with Gasteiger partial charge in [0, 0.05) is 0 Å². The minimum absolute atomic E-state index is 0.121. The third-order valence-electron chi connectivity index (χ3n) is 5.77. The van der Waals surface area contributed by atoms with Crippen molar-refractivity contribution >= 4 is 18.0 Å². The molecule has 2 aromatic carbocycles. The summed E-state index contributed by atoms with van der Waals surface area (Å²) in [5.41, 5.74) is 1.21. The van der Waals surface area contributed by atoms with E-state index in [4.69, 9.17) is 9.47 Å². The molecule has 6 heteroatoms. The van der Waals surface area contributed by atoms with Gasteiger partial charge in [0.25, 0.3) is 0 Å². The van der Waals surface area contributed by atoms with Crippen molar-refractivity contribution in [2.24, 2.45) is 5.92 Å². The second-order valence-corrected chi connectivity index (χ2v) is 9.57. The van der Waals surface area contributed by atoms with Crippen molar-refractivity contribution in [1.82, 2.24) is 4.90 Å². The van der Waals surface area contributed by atoms with E-state index in [1.54, 1.807) is 26.8 Å². The Kier molecular flexibility index (Phi) is 8.26. The SMILES string of the molecule is C=CC[C@H](c1ccccc1)C(CC(=O)OC(C)(C)C)C(=O)N1C(=O)OC[C@@H]1Cc1ccccc1. The number of hydrogen-bond acceptors (Lipinski definition) is 5. The van der Waals surface area contributed by atoms with Crippen LogP contribution in [-0.2, 0) is 25.5 Å². The molecule has 3 atom stereocenters. The molecule has 0 radical (unpaired) electrons. The molecule has 1 aliphatic rings. The first kappa shape index (κ1) is 25.2. The number of ether oxygens (including phenoxy) is 2. The van der Waals surface area contributed by atoms with Gasteiger partial charge in [-0.2, -0.15) is 0 Å². The van der Waals surface area contributed by atoms with Crippen LogP contribution in [-0.4, -0.2) is 41.1 Å². The summed E-state index contributed by atoms with van der Waals surface area (Å²) in [5, 5.41) is 0. The summed E-state index contributed by atoms with van der Waals surface area (Å²) in [6, 6.07) is 18.7. The Hall–Kier alpha value is -3.41. The molecule has 1 unspecified atom stereocenters. The maximum Gasteiger partial charge on any atom is 0.416 e. The molecular formula is C28H33NO5. The number of amides is 2. The van der Waals surface area contributed by atoms with Crippen molar-refractivity contribution in [3.63, 3.8) is 0 Å². The van der Waals surface area contributed by atoms with Gasteiger partial charge in [-0.25, -0.2) is 9.69 Å². The van der Waals surface area contributed by atoms with Crippen molar-refractivity contribution in [3.05, 3.63) is 84.4 Å². The van der Waals surface area contributed by atoms with Crippen LogP contribution < -0.4 is 0 Å². The maximum absolute atomic E-state index is 13.9. The number of nitrogens with zero attached hydrogens (tertiary/aromatic N) is 1. The number of esters is 1. The summed E-state index contributed by atoms with van der Waals surface area (Å²) in [5.74, 6) is -2.06. The topological polar surface area (TPSA) is 72.9 Å². The minimum atomic E-state index is -0.806. The average molecular weight is 464 g/mol. The van der Waals surface area contributed by atoms with E-state index in [1.807, 2.05) is 60.7 Å². The van der Waals surface area contributed by atoms with Crippen LogP contribution in [0.15, 0.2) is 73.3 Å². The normalized spacial score (nSPS) is 17.6. The Morgan fingerprint density at radius 2 is 1.74 bits per heavy atom. The summed E-state index contributed by atoms with van der Waals surface area (Å²) in [7, 11) is 0. The number of hydrogen-bond donors (Lipinski definition) is 0. The molecular weight excluding hydrogens is 430 g/mol. The van der Waals surface area contributed by atoms with Crippen molar-refractivity contribution in [2.75, 3.05) is 6.61 Å². The Morgan fingerprint density at radius 3 is 2.32 bits per heavy atom. The van der Waals surface area contributed by atoms with Crippen LogP contribution in [0.3, 0.4) is 0 Å². The highest BCUT2D eigenvalue weighted by molar-refractivity contribution is 5.96. The van der Waals surface area contributed by atoms with Gasteiger partial charge in [-0.1, -0.05) is 66.7 Å². The standard InChI is InChI=1S/C28H33NO5/c1-5-12-23(21-15-10-7-11-16-21)24(18-25(30)34-28(2,3)4)26(31)29-22(19-33-27(29)32)17-20-13-8-6-9-14-20/h5-11,13-16,22-24H,1,12,17-19H2,2-4H3/t22-,23+,24?/m0/s1. The number of carbonyl (C=O) groups excluding carboxylic acids is 3. The van der Waals surface area contributed by atoms with Crippen LogP contribution in [0.2, 0.25) is 0 Å². The van der Waals surface area contributed by atoms with Crippen molar-refractivity contribution < 1.29 is 23.9 Å². The molecule has 1 saturated heterocycles. The van der Waals surface area contributed by atoms with E-state index in [1.165, 1.54) is 4.90 Å². The molecule has 0 spiro atoms. The van der Waals surface area contributed by atoms with Crippen molar-refractivity contribution in [2.45, 2.75) is 57.6 Å². The quantitative estimate of drug-likeness (QED) is 0.373. The predicted octanol–water partition coefficient (Wildman–Crippen LogP) is 5.28. The molecule has 0 aliphatic carbocycles. The van der Waals surface area contributed by atoms with Gasteiger partial charge in [0.05, 0.1) is 18.4 Å². The molecule has 6 nitrogen and oxygen atoms in total. The first-order valence-electron chi connectivity index (χ1n) is 11.6. The molecule has 34 heavy (non-hydrogen) atoms. The fourth-order valence-corrected chi connectivity index (χ4v) is 4.32. The molecule has 2 amide bonds. The van der Waals surface area contributed by atoms with Crippen LogP contribution in [0, 0.1) is 5.92 Å². The third-order valence-corrected chi connectivity index (χ3v) is 5.77. The van der Waals surface area contributed by atoms with Gasteiger partial charge < -0.3 is 9.47 Å². The lowest BCUT2D eigenvalue weighted by molar-refractivity contribution is -0.158. The van der Waals surface area contributed by atoms with Crippen LogP contribution in [0.5, 0.6) is 0 Å². The van der Waals surface area contributed by atoms with Gasteiger partial charge in [0.1, 0.15) is 12.2 Å². The molecule has 3 rings (SSSR count). The fourth-order valence-electron chi connectivity index (χ4n) is 4.32. The zero-order chi connectivity index (χ0) is 24.7. The molecule has 180 valence electrons. The van der Waals surface area contributed by atoms with E-state index in [0.29, 0.717) is 12.8 Å². The second kappa shape index (κ2) is 11.1. The second-order valence-electron chi connectivity index (χ2n) is 9.57. The largest absolute Gasteiger partial charge is 0.460 e. The van der Waals surface area contributed by atoms with E-state index in [0.717, 1.165) is 11.1 Å². The van der Waals surface area contributed by atoms with Crippen LogP contribution in [0.25, 0.3) is 0 Å². The maximum atomic E-state index is 13.9. The zero-order valence-electron chi connectivity index (χ0n) is 20.1. The molecule has 0 N–H and O–H groups in total. The Morgan fingerprint density at radius 1 is 1.12 bits per heavy atom. The summed E-state index contributed by atoms with van der Waals surface area (Å²) in [4.78, 5) is 40.7. The first-order chi connectivity index (χ1) is 16.2. The summed E-state index contributed by atoms with van der Waals surface area (Å²) in [6.45, 7) is 9.33. The van der Waals surface area contributed by atoms with E-state index >= 15 is 0 Å². The highest BCUT2D eigenvalue weighted by Crippen LogP contribution is 2.35. The van der Waals surface area contributed by atoms with Crippen molar-refractivity contribution in [1.29, 1.82) is 0 Å². The summed E-state index contributed by atoms with van der Waals surface area (Å²) in [6.07, 6.45) is 1.86. The van der Waals surface area contributed by atoms with Crippen molar-refractivity contribution in [3.8, 4) is 0 Å². The monoisotopic (exact) mass is 463 g/mol. The number of benzene rings is 2. The summed E-state index contributed by atoms with van der Waals surface area (Å²) >= 11 is 0. The molecule has 1 heterocycles. The lowest BCUT2D eigenvalue weighted by Gasteiger charge is -2.31. The summed E-state index contributed by atoms with van der Waals surface area (Å²) < 4.78 is 10.8. The smallest absolute Gasteiger partial charge is 0.416 e. The van der Waals surface area contributed by atoms with Crippen LogP contribution in [0.4, 0.5) is 4.79 Å². The Labute approximate surface area is 201 Å². The molecule has 0 aromatic heterocycles. The van der Waals surface area contributed by atoms with Gasteiger partial charge in [0.2, 0.25) is 5.91 Å². The van der Waals surface area contributed by atoms with Gasteiger partial charge >= 0.3 is 12.1 Å². The highest BCUT2D eigenvalue weighted by atomic mass is 16.6. The zero-order valence-corrected chi connectivity index (χ0v) is 20.1. The Bertz CT molecular complexity index is 996. The number of allylic oxidation sites excluding steroid dienone is 1. The number of cyclic esters (lactones) is 1. The van der Waals surface area contributed by atoms with E-state index < -0.39 is 35.5 Å². The molecule has 0 bridgehead atoms. The minimum Gasteiger partial charge on any atom is -0.460 e. The molecule has 2 aromatic rings. The average Bonchev–Trinajstić information content (AvgIpc) is 3.15. The predicted molar refractivity (Wildman–Crippen MR) is 130 cm³/mol. The lowest BCUT2D eigenvalue weighted by Crippen LogP contribution is -2.46. The van der Waals surface area contributed by atoms with E-state index in [-0.39, 0.29) is 18.9 Å². The van der Waals surface area contributed by atoms with Gasteiger partial charge in [-0.3, -0.25) is 9.59 Å². The van der Waals surface area contributed by atoms with Crippen LogP contribution >= 0.6 is 0 Å².